The summed E-state index contributed by atoms with van der Waals surface area (Å²) in [6, 6.07) is 16.2. The number of non-ortho nitro benzene ring substituents is 1. The van der Waals surface area contributed by atoms with Crippen molar-refractivity contribution >= 4 is 22.7 Å². The minimum Gasteiger partial charge on any atom is -0.434 e. The number of carbonyl (C=O) groups excluding carboxylic acids is 1. The molecule has 0 amide bonds. The Balaban J connectivity index is 1.78. The second-order valence-corrected chi connectivity index (χ2v) is 6.08. The summed E-state index contributed by atoms with van der Waals surface area (Å²) in [6.07, 6.45) is -0.807. The van der Waals surface area contributed by atoms with Crippen LogP contribution in [0.15, 0.2) is 54.6 Å². The Hall–Kier alpha value is -3.39. The average Bonchev–Trinajstić information content (AvgIpc) is 3.02. The molecule has 2 aromatic carbocycles. The summed E-state index contributed by atoms with van der Waals surface area (Å²) >= 11 is 0. The van der Waals surface area contributed by atoms with Crippen LogP contribution in [0.4, 0.5) is 10.5 Å². The van der Waals surface area contributed by atoms with Crippen LogP contribution in [0.25, 0.3) is 10.9 Å². The second kappa shape index (κ2) is 9.01. The molecule has 1 N–H and O–H groups in total. The van der Waals surface area contributed by atoms with Crippen LogP contribution in [-0.2, 0) is 17.8 Å². The molecule has 0 unspecified atom stereocenters. The first-order chi connectivity index (χ1) is 13.6. The fourth-order valence-corrected chi connectivity index (χ4v) is 2.91. The van der Waals surface area contributed by atoms with Crippen molar-refractivity contribution in [3.8, 4) is 5.88 Å². The van der Waals surface area contributed by atoms with Crippen molar-refractivity contribution in [2.24, 2.45) is 0 Å². The molecule has 8 nitrogen and oxygen atoms in total. The Morgan fingerprint density at radius 3 is 2.68 bits per heavy atom. The summed E-state index contributed by atoms with van der Waals surface area (Å²) in [5.41, 5.74) is 1.89. The van der Waals surface area contributed by atoms with Gasteiger partial charge in [-0.2, -0.15) is 0 Å². The van der Waals surface area contributed by atoms with Gasteiger partial charge in [-0.25, -0.2) is 4.79 Å². The lowest BCUT2D eigenvalue weighted by Crippen LogP contribution is -2.21. The highest BCUT2D eigenvalue weighted by Crippen LogP contribution is 2.29. The van der Waals surface area contributed by atoms with Crippen LogP contribution in [0.5, 0.6) is 5.88 Å². The van der Waals surface area contributed by atoms with E-state index < -0.39 is 11.1 Å². The molecule has 3 rings (SSSR count). The van der Waals surface area contributed by atoms with Gasteiger partial charge in [-0.3, -0.25) is 10.1 Å². The fraction of sp³-hybridized carbons (Fsp3) is 0.250. The first kappa shape index (κ1) is 19.4. The first-order valence-corrected chi connectivity index (χ1v) is 8.95. The summed E-state index contributed by atoms with van der Waals surface area (Å²) in [6.45, 7) is 3.73. The molecule has 0 atom stereocenters. The molecule has 8 heteroatoms. The maximum atomic E-state index is 11.8. The summed E-state index contributed by atoms with van der Waals surface area (Å²) in [4.78, 5) is 22.3. The van der Waals surface area contributed by atoms with Crippen LogP contribution in [0.3, 0.4) is 0 Å². The van der Waals surface area contributed by atoms with Crippen molar-refractivity contribution in [2.75, 3.05) is 13.2 Å². The van der Waals surface area contributed by atoms with E-state index in [1.165, 1.54) is 17.7 Å². The Morgan fingerprint density at radius 2 is 1.96 bits per heavy atom. The van der Waals surface area contributed by atoms with Gasteiger partial charge in [-0.1, -0.05) is 30.3 Å². The third-order valence-electron chi connectivity index (χ3n) is 4.19. The van der Waals surface area contributed by atoms with Crippen molar-refractivity contribution in [1.82, 2.24) is 9.88 Å². The number of nitrogens with one attached hydrogen (secondary N) is 1. The van der Waals surface area contributed by atoms with Gasteiger partial charge < -0.3 is 19.4 Å². The highest BCUT2D eigenvalue weighted by atomic mass is 16.7. The molecule has 146 valence electrons. The van der Waals surface area contributed by atoms with E-state index in [4.69, 9.17) is 9.47 Å². The van der Waals surface area contributed by atoms with Gasteiger partial charge in [-0.15, -0.1) is 0 Å². The molecule has 0 saturated heterocycles. The zero-order valence-corrected chi connectivity index (χ0v) is 15.5. The lowest BCUT2D eigenvalue weighted by atomic mass is 10.2. The number of nitrogens with zero attached hydrogens (tertiary/aromatic N) is 2. The number of aromatic nitrogens is 1. The number of fused-ring (bicyclic) bond motifs is 1. The van der Waals surface area contributed by atoms with Crippen molar-refractivity contribution in [3.05, 3.63) is 70.3 Å². The van der Waals surface area contributed by atoms with Crippen LogP contribution in [0.2, 0.25) is 0 Å². The molecule has 3 aromatic rings. The highest BCUT2D eigenvalue weighted by molar-refractivity contribution is 5.85. The molecule has 0 fully saturated rings. The SMILES string of the molecule is CCOC(=O)Oc1cc2cc([N+](=O)[O-])ccc2n1CCNCc1ccccc1. The number of benzene rings is 2. The Bertz CT molecular complexity index is 969. The summed E-state index contributed by atoms with van der Waals surface area (Å²) in [5, 5.41) is 15.0. The lowest BCUT2D eigenvalue weighted by Gasteiger charge is -2.11. The minimum atomic E-state index is -0.807. The maximum Gasteiger partial charge on any atom is 0.515 e. The third-order valence-corrected chi connectivity index (χ3v) is 4.19. The van der Waals surface area contributed by atoms with Crippen molar-refractivity contribution < 1.29 is 19.2 Å². The van der Waals surface area contributed by atoms with Gasteiger partial charge in [0.15, 0.2) is 0 Å². The number of carbonyl (C=O) groups is 1. The van der Waals surface area contributed by atoms with Gasteiger partial charge in [0.05, 0.1) is 17.0 Å². The largest absolute Gasteiger partial charge is 0.515 e. The van der Waals surface area contributed by atoms with Gasteiger partial charge in [-0.05, 0) is 18.6 Å². The predicted molar refractivity (Wildman–Crippen MR) is 104 cm³/mol. The Morgan fingerprint density at radius 1 is 1.18 bits per heavy atom. The van der Waals surface area contributed by atoms with E-state index >= 15 is 0 Å². The molecule has 1 aromatic heterocycles. The van der Waals surface area contributed by atoms with Crippen LogP contribution in [0, 0.1) is 10.1 Å². The molecule has 0 saturated carbocycles. The molecule has 28 heavy (non-hydrogen) atoms. The number of rotatable bonds is 8. The fourth-order valence-electron chi connectivity index (χ4n) is 2.91. The molecule has 0 aliphatic carbocycles. The van der Waals surface area contributed by atoms with E-state index in [2.05, 4.69) is 5.32 Å². The summed E-state index contributed by atoms with van der Waals surface area (Å²) < 4.78 is 11.9. The third kappa shape index (κ3) is 4.66. The van der Waals surface area contributed by atoms with Crippen LogP contribution in [0.1, 0.15) is 12.5 Å². The standard InChI is InChI=1S/C20H21N3O5/c1-2-27-20(24)28-19-13-16-12-17(23(25)26)8-9-18(16)22(19)11-10-21-14-15-6-4-3-5-7-15/h3-9,12-13,21H,2,10-11,14H2,1H3. The molecule has 0 radical (unpaired) electrons. The Labute approximate surface area is 161 Å². The number of nitro groups is 1. The van der Waals surface area contributed by atoms with Gasteiger partial charge >= 0.3 is 6.16 Å². The highest BCUT2D eigenvalue weighted by Gasteiger charge is 2.16. The topological polar surface area (TPSA) is 95.6 Å². The van der Waals surface area contributed by atoms with E-state index in [0.29, 0.717) is 25.0 Å². The van der Waals surface area contributed by atoms with Crippen LogP contribution < -0.4 is 10.1 Å². The van der Waals surface area contributed by atoms with Crippen LogP contribution >= 0.6 is 0 Å². The quantitative estimate of drug-likeness (QED) is 0.274. The van der Waals surface area contributed by atoms with E-state index in [-0.39, 0.29) is 18.2 Å². The first-order valence-electron chi connectivity index (χ1n) is 8.95. The Kier molecular flexibility index (Phi) is 6.23. The zero-order valence-electron chi connectivity index (χ0n) is 15.5. The number of ether oxygens (including phenoxy) is 2. The van der Waals surface area contributed by atoms with Gasteiger partial charge in [0.2, 0.25) is 5.88 Å². The van der Waals surface area contributed by atoms with Crippen LogP contribution in [-0.4, -0.2) is 28.8 Å². The van der Waals surface area contributed by atoms with E-state index in [9.17, 15) is 14.9 Å². The molecular weight excluding hydrogens is 362 g/mol. The summed E-state index contributed by atoms with van der Waals surface area (Å²) in [5.74, 6) is 0.287. The van der Waals surface area contributed by atoms with E-state index in [0.717, 1.165) is 5.52 Å². The number of hydrogen-bond donors (Lipinski definition) is 1. The molecule has 0 aliphatic rings. The molecule has 0 aliphatic heterocycles. The lowest BCUT2D eigenvalue weighted by molar-refractivity contribution is -0.384. The van der Waals surface area contributed by atoms with Gasteiger partial charge in [0, 0.05) is 43.2 Å². The maximum absolute atomic E-state index is 11.8. The monoisotopic (exact) mass is 383 g/mol. The van der Waals surface area contributed by atoms with Gasteiger partial charge in [0.25, 0.3) is 5.69 Å². The van der Waals surface area contributed by atoms with Crippen molar-refractivity contribution in [3.63, 3.8) is 0 Å². The van der Waals surface area contributed by atoms with E-state index in [1.54, 1.807) is 23.6 Å². The normalized spacial score (nSPS) is 10.8. The molecular formula is C20H21N3O5. The van der Waals surface area contributed by atoms with Crippen molar-refractivity contribution in [2.45, 2.75) is 20.0 Å². The molecule has 0 spiro atoms. The smallest absolute Gasteiger partial charge is 0.434 e. The zero-order chi connectivity index (χ0) is 19.9. The van der Waals surface area contributed by atoms with Crippen molar-refractivity contribution in [1.29, 1.82) is 0 Å². The number of hydrogen-bond acceptors (Lipinski definition) is 6. The predicted octanol–water partition coefficient (Wildman–Crippen LogP) is 3.87. The minimum absolute atomic E-state index is 0.0189. The summed E-state index contributed by atoms with van der Waals surface area (Å²) in [7, 11) is 0. The molecule has 1 heterocycles. The van der Waals surface area contributed by atoms with E-state index in [1.807, 2.05) is 30.3 Å². The second-order valence-electron chi connectivity index (χ2n) is 6.08. The van der Waals surface area contributed by atoms with Gasteiger partial charge in [0.1, 0.15) is 0 Å². The average molecular weight is 383 g/mol. The number of nitro benzene ring substituents is 1. The molecule has 0 bridgehead atoms.